The Kier molecular flexibility index (Phi) is 15.0. The molecule has 0 saturated heterocycles. The maximum Gasteiger partial charge on any atom is 0.252 e. The zero-order valence-corrected chi connectivity index (χ0v) is 36.5. The van der Waals surface area contributed by atoms with Crippen LogP contribution in [0.25, 0.3) is 22.6 Å². The van der Waals surface area contributed by atoms with Crippen LogP contribution in [0.3, 0.4) is 0 Å². The van der Waals surface area contributed by atoms with Gasteiger partial charge in [0.05, 0.1) is 27.6 Å². The van der Waals surface area contributed by atoms with Crippen molar-refractivity contribution in [3.05, 3.63) is 70.0 Å². The predicted octanol–water partition coefficient (Wildman–Crippen LogP) is 7.19. The van der Waals surface area contributed by atoms with Gasteiger partial charge in [0.15, 0.2) is 48.5 Å². The van der Waals surface area contributed by atoms with Gasteiger partial charge in [-0.05, 0) is 86.5 Å². The Morgan fingerprint density at radius 1 is 0.661 bits per heavy atom. The van der Waals surface area contributed by atoms with E-state index in [0.717, 1.165) is 18.9 Å². The van der Waals surface area contributed by atoms with Crippen molar-refractivity contribution in [1.29, 1.82) is 0 Å². The third-order valence-electron chi connectivity index (χ3n) is 10.3. The van der Waals surface area contributed by atoms with Crippen LogP contribution < -0.4 is 0 Å². The van der Waals surface area contributed by atoms with Gasteiger partial charge in [-0.3, -0.25) is 28.8 Å². The van der Waals surface area contributed by atoms with Crippen LogP contribution in [0.2, 0.25) is 0 Å². The molecule has 17 heteroatoms. The van der Waals surface area contributed by atoms with E-state index >= 15 is 0 Å². The number of rotatable bonds is 9. The predicted molar refractivity (Wildman–Crippen MR) is 218 cm³/mol. The lowest BCUT2D eigenvalue weighted by molar-refractivity contribution is -0.135. The van der Waals surface area contributed by atoms with Crippen molar-refractivity contribution in [3.8, 4) is 22.6 Å². The van der Waals surface area contributed by atoms with Gasteiger partial charge < -0.3 is 9.05 Å². The largest absolute Gasteiger partial charge is 0.356 e. The zero-order valence-electron chi connectivity index (χ0n) is 34.1. The minimum Gasteiger partial charge on any atom is -0.356 e. The molecule has 2 aliphatic carbocycles. The summed E-state index contributed by atoms with van der Waals surface area (Å²) in [6.45, 7) is 10.6. The number of carbonyl (C=O) groups excluding carboxylic acids is 6. The standard InChI is InChI=1S/C21H23NO6S.C13H12ClNO4S.C8H12O2/c1-5-13-9-15(23)20(16(24)10-13)21(25)14-6-7-18(29(4,26)27)19(12(14)3)17-8-11(2)22-28-17;1-7-6-10(19-15-7)12-8(2)9(13(14)16)4-5-11(12)20(3,17)18;1-2-6-3-7(9)5-8(10)4-6/h6-8,13,20H,5,9-10H2,1-4H3;4-6H,1-3H3;6H,2-5H2,1H3. The van der Waals surface area contributed by atoms with Crippen molar-refractivity contribution >= 4 is 65.4 Å². The highest BCUT2D eigenvalue weighted by Gasteiger charge is 2.41. The van der Waals surface area contributed by atoms with Crippen LogP contribution in [-0.2, 0) is 38.9 Å². The zero-order chi connectivity index (χ0) is 44.1. The van der Waals surface area contributed by atoms with Gasteiger partial charge in [-0.15, -0.1) is 0 Å². The topological polar surface area (TPSA) is 223 Å². The normalized spacial score (nSPS) is 17.5. The molecule has 6 rings (SSSR count). The van der Waals surface area contributed by atoms with Crippen molar-refractivity contribution in [2.75, 3.05) is 12.5 Å². The molecule has 0 unspecified atom stereocenters. The summed E-state index contributed by atoms with van der Waals surface area (Å²) in [5.74, 6) is -1.60. The smallest absolute Gasteiger partial charge is 0.252 e. The first-order valence-corrected chi connectivity index (χ1v) is 23.0. The molecule has 0 spiro atoms. The molecule has 4 aromatic rings. The summed E-state index contributed by atoms with van der Waals surface area (Å²) in [7, 11) is -7.11. The molecule has 2 aromatic carbocycles. The summed E-state index contributed by atoms with van der Waals surface area (Å²) in [5, 5.41) is 6.89. The van der Waals surface area contributed by atoms with Crippen LogP contribution in [0.4, 0.5) is 0 Å². The fourth-order valence-electron chi connectivity index (χ4n) is 7.21. The number of hydrogen-bond acceptors (Lipinski definition) is 14. The molecule has 316 valence electrons. The third-order valence-corrected chi connectivity index (χ3v) is 12.8. The van der Waals surface area contributed by atoms with Gasteiger partial charge >= 0.3 is 0 Å². The average Bonchev–Trinajstić information content (AvgIpc) is 3.77. The van der Waals surface area contributed by atoms with Crippen molar-refractivity contribution in [1.82, 2.24) is 10.3 Å². The lowest BCUT2D eigenvalue weighted by Gasteiger charge is -2.25. The molecule has 2 saturated carbocycles. The number of sulfone groups is 2. The van der Waals surface area contributed by atoms with E-state index in [4.69, 9.17) is 20.6 Å². The Labute approximate surface area is 348 Å². The average molecular weight is 871 g/mol. The second-order valence-electron chi connectivity index (χ2n) is 15.1. The minimum atomic E-state index is -3.63. The van der Waals surface area contributed by atoms with E-state index in [9.17, 15) is 45.6 Å². The minimum absolute atomic E-state index is 0.00459. The number of benzene rings is 2. The van der Waals surface area contributed by atoms with E-state index in [2.05, 4.69) is 10.3 Å². The second kappa shape index (κ2) is 19.0. The molecule has 0 aliphatic heterocycles. The molecule has 14 nitrogen and oxygen atoms in total. The maximum absolute atomic E-state index is 13.1. The van der Waals surface area contributed by atoms with Gasteiger partial charge in [0, 0.05) is 72.6 Å². The summed E-state index contributed by atoms with van der Waals surface area (Å²) >= 11 is 5.51. The van der Waals surface area contributed by atoms with Gasteiger partial charge in [-0.2, -0.15) is 0 Å². The molecule has 2 aliphatic rings. The summed E-state index contributed by atoms with van der Waals surface area (Å²) in [4.78, 5) is 71.3. The molecule has 0 bridgehead atoms. The van der Waals surface area contributed by atoms with Crippen molar-refractivity contribution < 1.29 is 54.6 Å². The van der Waals surface area contributed by atoms with E-state index in [1.54, 1.807) is 39.8 Å². The monoisotopic (exact) mass is 870 g/mol. The Morgan fingerprint density at radius 2 is 1.05 bits per heavy atom. The van der Waals surface area contributed by atoms with E-state index < -0.39 is 36.6 Å². The quantitative estimate of drug-likeness (QED) is 0.0922. The number of Topliss-reactive ketones (excluding diaryl/α,β-unsaturated/α-hetero) is 5. The maximum atomic E-state index is 13.1. The first-order valence-electron chi connectivity index (χ1n) is 18.9. The Balaban J connectivity index is 0.000000220. The molecular formula is C42H47ClN2O12S2. The molecule has 2 heterocycles. The lowest BCUT2D eigenvalue weighted by Crippen LogP contribution is -2.38. The summed E-state index contributed by atoms with van der Waals surface area (Å²) < 4.78 is 58.7. The van der Waals surface area contributed by atoms with Gasteiger partial charge in [-0.1, -0.05) is 37.0 Å². The molecule has 0 amide bonds. The van der Waals surface area contributed by atoms with Crippen LogP contribution in [0.5, 0.6) is 0 Å². The number of hydrogen-bond donors (Lipinski definition) is 0. The van der Waals surface area contributed by atoms with Crippen LogP contribution in [-0.4, -0.2) is 73.8 Å². The molecule has 59 heavy (non-hydrogen) atoms. The Bertz CT molecular complexity index is 2520. The summed E-state index contributed by atoms with van der Waals surface area (Å²) in [6.07, 6.45) is 5.67. The SMILES string of the molecule is CCC1CC(=O)C(C(=O)c2ccc(S(C)(=O)=O)c(-c3cc(C)no3)c2C)C(=O)C1.CCC1CC(=O)CC(=O)C1.Cc1cc(-c2c(S(C)(=O)=O)ccc(C(=O)Cl)c2C)on1. The molecule has 0 N–H and O–H groups in total. The molecular weight excluding hydrogens is 824 g/mol. The number of aromatic nitrogens is 2. The molecule has 0 radical (unpaired) electrons. The van der Waals surface area contributed by atoms with E-state index in [1.165, 1.54) is 24.3 Å². The lowest BCUT2D eigenvalue weighted by atomic mass is 9.75. The highest BCUT2D eigenvalue weighted by Crippen LogP contribution is 2.37. The Morgan fingerprint density at radius 3 is 1.41 bits per heavy atom. The second-order valence-corrected chi connectivity index (χ2v) is 19.4. The van der Waals surface area contributed by atoms with Gasteiger partial charge in [0.2, 0.25) is 0 Å². The van der Waals surface area contributed by atoms with Crippen molar-refractivity contribution in [2.24, 2.45) is 17.8 Å². The summed E-state index contributed by atoms with van der Waals surface area (Å²) in [5.41, 5.74) is 2.88. The number of carbonyl (C=O) groups is 6. The van der Waals surface area contributed by atoms with Gasteiger partial charge in [0.25, 0.3) is 5.24 Å². The van der Waals surface area contributed by atoms with Crippen LogP contribution >= 0.6 is 11.6 Å². The van der Waals surface area contributed by atoms with Crippen LogP contribution in [0.1, 0.15) is 102 Å². The van der Waals surface area contributed by atoms with Gasteiger partial charge in [-0.25, -0.2) is 16.8 Å². The fraction of sp³-hybridized carbons (Fsp3) is 0.429. The number of ketones is 5. The molecule has 2 fully saturated rings. The highest BCUT2D eigenvalue weighted by atomic mass is 35.5. The van der Waals surface area contributed by atoms with Crippen molar-refractivity contribution in [3.63, 3.8) is 0 Å². The van der Waals surface area contributed by atoms with Crippen LogP contribution in [0.15, 0.2) is 55.2 Å². The number of aryl methyl sites for hydroxylation is 2. The number of halogens is 1. The van der Waals surface area contributed by atoms with E-state index in [1.807, 2.05) is 13.8 Å². The highest BCUT2D eigenvalue weighted by molar-refractivity contribution is 7.91. The Hall–Kier alpha value is -4.93. The number of nitrogens with zero attached hydrogens (tertiary/aromatic N) is 2. The fourth-order valence-corrected chi connectivity index (χ4v) is 9.29. The third kappa shape index (κ3) is 11.2. The first-order chi connectivity index (χ1) is 27.5. The molecule has 0 atom stereocenters. The van der Waals surface area contributed by atoms with E-state index in [-0.39, 0.29) is 80.6 Å². The van der Waals surface area contributed by atoms with E-state index in [0.29, 0.717) is 59.0 Å². The summed E-state index contributed by atoms with van der Waals surface area (Å²) in [6, 6.07) is 8.62. The molecule has 2 aromatic heterocycles. The van der Waals surface area contributed by atoms with Crippen LogP contribution in [0, 0.1) is 45.4 Å². The van der Waals surface area contributed by atoms with Gasteiger partial charge in [0.1, 0.15) is 17.5 Å². The first kappa shape index (κ1) is 46.8. The van der Waals surface area contributed by atoms with Crippen molar-refractivity contribution in [2.45, 2.75) is 96.3 Å².